The van der Waals surface area contributed by atoms with E-state index in [4.69, 9.17) is 4.74 Å². The maximum absolute atomic E-state index is 11.9. The van der Waals surface area contributed by atoms with Gasteiger partial charge in [0.25, 0.3) is 0 Å². The van der Waals surface area contributed by atoms with Crippen LogP contribution >= 0.6 is 0 Å². The summed E-state index contributed by atoms with van der Waals surface area (Å²) in [7, 11) is 1.65. The van der Waals surface area contributed by atoms with Crippen LogP contribution in [0.2, 0.25) is 0 Å². The standard InChI is InChI=1S/C17H28O5/c1-16-7-4-8-17(2,15(20)21)13(16)6-5-11(10-22-3)12(16)9-14(18)19/h11-13H,4-10H2,1-3H3,(H,18,19)(H,20,21)/t11-,12+,13-,16-,17+/m1/s1. The van der Waals surface area contributed by atoms with E-state index < -0.39 is 17.4 Å². The first-order valence-electron chi connectivity index (χ1n) is 8.20. The van der Waals surface area contributed by atoms with E-state index >= 15 is 0 Å². The lowest BCUT2D eigenvalue weighted by Crippen LogP contribution is -2.55. The van der Waals surface area contributed by atoms with E-state index in [0.29, 0.717) is 13.0 Å². The van der Waals surface area contributed by atoms with Crippen molar-refractivity contribution in [1.82, 2.24) is 0 Å². The van der Waals surface area contributed by atoms with Crippen molar-refractivity contribution in [2.24, 2.45) is 28.6 Å². The predicted octanol–water partition coefficient (Wildman–Crippen LogP) is 3.03. The van der Waals surface area contributed by atoms with E-state index in [-0.39, 0.29) is 29.6 Å². The van der Waals surface area contributed by atoms with Crippen LogP contribution in [0.5, 0.6) is 0 Å². The van der Waals surface area contributed by atoms with Crippen molar-refractivity contribution in [2.75, 3.05) is 13.7 Å². The molecular weight excluding hydrogens is 284 g/mol. The normalized spacial score (nSPS) is 41.7. The van der Waals surface area contributed by atoms with Crippen molar-refractivity contribution in [3.05, 3.63) is 0 Å². The minimum Gasteiger partial charge on any atom is -0.481 e. The molecule has 0 unspecified atom stereocenters. The smallest absolute Gasteiger partial charge is 0.309 e. The highest BCUT2D eigenvalue weighted by Crippen LogP contribution is 2.62. The Labute approximate surface area is 132 Å². The molecule has 2 fully saturated rings. The average molecular weight is 312 g/mol. The third-order valence-electron chi connectivity index (χ3n) is 6.48. The summed E-state index contributed by atoms with van der Waals surface area (Å²) in [5.74, 6) is -1.29. The zero-order valence-corrected chi connectivity index (χ0v) is 13.8. The molecule has 2 aliphatic rings. The van der Waals surface area contributed by atoms with Gasteiger partial charge in [0.2, 0.25) is 0 Å². The summed E-state index contributed by atoms with van der Waals surface area (Å²) in [6, 6.07) is 0. The molecule has 0 aromatic heterocycles. The van der Waals surface area contributed by atoms with Crippen molar-refractivity contribution in [2.45, 2.75) is 52.4 Å². The SMILES string of the molecule is COC[C@H]1CC[C@@H]2[C@](C)(CCC[C@]2(C)C(=O)O)[C@H]1CC(=O)O. The van der Waals surface area contributed by atoms with Gasteiger partial charge in [0.15, 0.2) is 0 Å². The highest BCUT2D eigenvalue weighted by Gasteiger charge is 2.58. The molecule has 0 aromatic rings. The van der Waals surface area contributed by atoms with E-state index in [9.17, 15) is 19.8 Å². The number of fused-ring (bicyclic) bond motifs is 1. The van der Waals surface area contributed by atoms with Gasteiger partial charge in [0, 0.05) is 20.1 Å². The van der Waals surface area contributed by atoms with E-state index in [0.717, 1.165) is 25.7 Å². The minimum absolute atomic E-state index is 0.0114. The van der Waals surface area contributed by atoms with Crippen LogP contribution in [-0.2, 0) is 14.3 Å². The number of ether oxygens (including phenoxy) is 1. The number of rotatable bonds is 5. The number of methoxy groups -OCH3 is 1. The van der Waals surface area contributed by atoms with Crippen molar-refractivity contribution in [3.8, 4) is 0 Å². The van der Waals surface area contributed by atoms with Gasteiger partial charge >= 0.3 is 11.9 Å². The van der Waals surface area contributed by atoms with E-state index in [1.165, 1.54) is 0 Å². The van der Waals surface area contributed by atoms with Crippen LogP contribution in [-0.4, -0.2) is 35.9 Å². The molecule has 0 aromatic carbocycles. The summed E-state index contributed by atoms with van der Waals surface area (Å²) >= 11 is 0. The number of carboxylic acid groups (broad SMARTS) is 2. The van der Waals surface area contributed by atoms with Crippen molar-refractivity contribution < 1.29 is 24.5 Å². The van der Waals surface area contributed by atoms with Crippen LogP contribution < -0.4 is 0 Å². The van der Waals surface area contributed by atoms with Crippen molar-refractivity contribution >= 4 is 11.9 Å². The third-order valence-corrected chi connectivity index (χ3v) is 6.48. The third kappa shape index (κ3) is 2.75. The quantitative estimate of drug-likeness (QED) is 0.815. The highest BCUT2D eigenvalue weighted by molar-refractivity contribution is 5.75. The van der Waals surface area contributed by atoms with E-state index in [2.05, 4.69) is 6.92 Å². The first-order chi connectivity index (χ1) is 10.3. The lowest BCUT2D eigenvalue weighted by atomic mass is 9.45. The number of hydrogen-bond donors (Lipinski definition) is 2. The predicted molar refractivity (Wildman–Crippen MR) is 81.5 cm³/mol. The molecule has 2 rings (SSSR count). The zero-order valence-electron chi connectivity index (χ0n) is 13.8. The molecule has 0 spiro atoms. The molecule has 5 atom stereocenters. The van der Waals surface area contributed by atoms with Gasteiger partial charge in [-0.2, -0.15) is 0 Å². The second-order valence-corrected chi connectivity index (χ2v) is 7.63. The van der Waals surface area contributed by atoms with E-state index in [1.54, 1.807) is 7.11 Å². The molecular formula is C17H28O5. The Hall–Kier alpha value is -1.10. The Kier molecular flexibility index (Phi) is 4.85. The van der Waals surface area contributed by atoms with Crippen LogP contribution in [0, 0.1) is 28.6 Å². The summed E-state index contributed by atoms with van der Waals surface area (Å²) in [5, 5.41) is 19.1. The monoisotopic (exact) mass is 312 g/mol. The van der Waals surface area contributed by atoms with Crippen LogP contribution in [0.1, 0.15) is 52.4 Å². The van der Waals surface area contributed by atoms with Gasteiger partial charge in [0.05, 0.1) is 5.41 Å². The Morgan fingerprint density at radius 2 is 1.86 bits per heavy atom. The summed E-state index contributed by atoms with van der Waals surface area (Å²) < 4.78 is 5.31. The summed E-state index contributed by atoms with van der Waals surface area (Å²) in [4.78, 5) is 23.2. The lowest BCUT2D eigenvalue weighted by Gasteiger charge is -2.58. The fourth-order valence-corrected chi connectivity index (χ4v) is 5.38. The maximum Gasteiger partial charge on any atom is 0.309 e. The number of carbonyl (C=O) groups is 2. The van der Waals surface area contributed by atoms with Gasteiger partial charge in [-0.25, -0.2) is 0 Å². The number of carboxylic acids is 2. The largest absolute Gasteiger partial charge is 0.481 e. The molecule has 0 aliphatic heterocycles. The second kappa shape index (κ2) is 6.19. The second-order valence-electron chi connectivity index (χ2n) is 7.63. The fourth-order valence-electron chi connectivity index (χ4n) is 5.38. The molecule has 5 heteroatoms. The molecule has 2 aliphatic carbocycles. The molecule has 0 bridgehead atoms. The molecule has 0 heterocycles. The molecule has 22 heavy (non-hydrogen) atoms. The van der Waals surface area contributed by atoms with Gasteiger partial charge < -0.3 is 14.9 Å². The summed E-state index contributed by atoms with van der Waals surface area (Å²) in [6.07, 6.45) is 4.27. The van der Waals surface area contributed by atoms with E-state index in [1.807, 2.05) is 6.92 Å². The maximum atomic E-state index is 11.9. The van der Waals surface area contributed by atoms with Crippen LogP contribution in [0.25, 0.3) is 0 Å². The number of aliphatic carboxylic acids is 2. The molecule has 0 amide bonds. The van der Waals surface area contributed by atoms with Crippen LogP contribution in [0.3, 0.4) is 0 Å². The fraction of sp³-hybridized carbons (Fsp3) is 0.882. The van der Waals surface area contributed by atoms with Gasteiger partial charge in [-0.15, -0.1) is 0 Å². The Morgan fingerprint density at radius 1 is 1.18 bits per heavy atom. The van der Waals surface area contributed by atoms with Gasteiger partial charge in [-0.05, 0) is 55.8 Å². The summed E-state index contributed by atoms with van der Waals surface area (Å²) in [5.41, 5.74) is -0.965. The Balaban J connectivity index is 2.38. The average Bonchev–Trinajstić information content (AvgIpc) is 2.42. The first kappa shape index (κ1) is 17.3. The summed E-state index contributed by atoms with van der Waals surface area (Å²) in [6.45, 7) is 4.53. The lowest BCUT2D eigenvalue weighted by molar-refractivity contribution is -0.173. The molecule has 0 saturated heterocycles. The van der Waals surface area contributed by atoms with Crippen molar-refractivity contribution in [1.29, 1.82) is 0 Å². The minimum atomic E-state index is -0.796. The topological polar surface area (TPSA) is 83.8 Å². The number of hydrogen-bond acceptors (Lipinski definition) is 3. The van der Waals surface area contributed by atoms with Crippen molar-refractivity contribution in [3.63, 3.8) is 0 Å². The van der Waals surface area contributed by atoms with Gasteiger partial charge in [-0.1, -0.05) is 13.3 Å². The van der Waals surface area contributed by atoms with Gasteiger partial charge in [-0.3, -0.25) is 9.59 Å². The first-order valence-corrected chi connectivity index (χ1v) is 8.20. The molecule has 126 valence electrons. The van der Waals surface area contributed by atoms with Crippen LogP contribution in [0.15, 0.2) is 0 Å². The molecule has 2 N–H and O–H groups in total. The van der Waals surface area contributed by atoms with Crippen LogP contribution in [0.4, 0.5) is 0 Å². The molecule has 2 saturated carbocycles. The highest BCUT2D eigenvalue weighted by atomic mass is 16.5. The Morgan fingerprint density at radius 3 is 2.41 bits per heavy atom. The zero-order chi connectivity index (χ0) is 16.5. The molecule has 0 radical (unpaired) electrons. The van der Waals surface area contributed by atoms with Gasteiger partial charge in [0.1, 0.15) is 0 Å². The molecule has 5 nitrogen and oxygen atoms in total. The Bertz CT molecular complexity index is 448.